The van der Waals surface area contributed by atoms with Gasteiger partial charge in [0.25, 0.3) is 0 Å². The van der Waals surface area contributed by atoms with Gasteiger partial charge in [-0.05, 0) is 44.0 Å². The van der Waals surface area contributed by atoms with E-state index in [1.165, 1.54) is 19.3 Å². The van der Waals surface area contributed by atoms with E-state index in [0.29, 0.717) is 18.1 Å². The second-order valence-electron chi connectivity index (χ2n) is 4.88. The lowest BCUT2D eigenvalue weighted by atomic mass is 9.80. The van der Waals surface area contributed by atoms with Crippen LogP contribution in [-0.2, 0) is 0 Å². The van der Waals surface area contributed by atoms with E-state index in [2.05, 4.69) is 11.9 Å². The summed E-state index contributed by atoms with van der Waals surface area (Å²) in [4.78, 5) is 2.34. The Kier molecular flexibility index (Phi) is 4.63. The van der Waals surface area contributed by atoms with Crippen molar-refractivity contribution in [2.75, 3.05) is 20.2 Å². The first-order valence-electron chi connectivity index (χ1n) is 6.46. The highest BCUT2D eigenvalue weighted by Crippen LogP contribution is 2.16. The third-order valence-electron chi connectivity index (χ3n) is 3.54. The minimum atomic E-state index is -1.41. The van der Waals surface area contributed by atoms with Gasteiger partial charge in [0.15, 0.2) is 0 Å². The highest BCUT2D eigenvalue weighted by Gasteiger charge is 2.19. The summed E-state index contributed by atoms with van der Waals surface area (Å²) in [6, 6.07) is 7.38. The fourth-order valence-corrected chi connectivity index (χ4v) is 2.28. The van der Waals surface area contributed by atoms with Gasteiger partial charge in [-0.3, -0.25) is 0 Å². The minimum absolute atomic E-state index is 0.483. The van der Waals surface area contributed by atoms with Crippen molar-refractivity contribution in [3.8, 4) is 5.75 Å². The third-order valence-corrected chi connectivity index (χ3v) is 3.54. The molecule has 0 radical (unpaired) electrons. The first kappa shape index (κ1) is 13.4. The van der Waals surface area contributed by atoms with Gasteiger partial charge in [-0.2, -0.15) is 0 Å². The Bertz CT molecular complexity index is 369. The standard InChI is InChI=1S/C13H20BNO3/c1-15-9-3-2-4-12(15)10-18-13-7-5-11(6-8-13)14(16)17/h5-8,12,16-17H,2-4,9-10H2,1H3/t12-/m0/s1. The Morgan fingerprint density at radius 1 is 1.28 bits per heavy atom. The zero-order valence-electron chi connectivity index (χ0n) is 10.7. The minimum Gasteiger partial charge on any atom is -0.492 e. The number of piperidine rings is 1. The van der Waals surface area contributed by atoms with Crippen LogP contribution in [0.15, 0.2) is 24.3 Å². The molecule has 5 heteroatoms. The van der Waals surface area contributed by atoms with Gasteiger partial charge in [-0.1, -0.05) is 18.6 Å². The van der Waals surface area contributed by atoms with Crippen molar-refractivity contribution in [2.45, 2.75) is 25.3 Å². The molecule has 0 bridgehead atoms. The van der Waals surface area contributed by atoms with Crippen molar-refractivity contribution in [1.29, 1.82) is 0 Å². The molecular formula is C13H20BNO3. The van der Waals surface area contributed by atoms with Gasteiger partial charge in [0.1, 0.15) is 12.4 Å². The topological polar surface area (TPSA) is 52.9 Å². The summed E-state index contributed by atoms with van der Waals surface area (Å²) in [6.45, 7) is 1.83. The predicted octanol–water partition coefficient (Wildman–Crippen LogP) is 0.229. The van der Waals surface area contributed by atoms with Crippen molar-refractivity contribution in [2.24, 2.45) is 0 Å². The molecule has 1 aliphatic rings. The van der Waals surface area contributed by atoms with E-state index in [9.17, 15) is 0 Å². The Labute approximate surface area is 108 Å². The normalized spacial score (nSPS) is 20.7. The smallest absolute Gasteiger partial charge is 0.488 e. The molecule has 1 fully saturated rings. The van der Waals surface area contributed by atoms with Crippen LogP contribution in [0.1, 0.15) is 19.3 Å². The van der Waals surface area contributed by atoms with Crippen LogP contribution in [0.4, 0.5) is 0 Å². The van der Waals surface area contributed by atoms with Gasteiger partial charge in [0.2, 0.25) is 0 Å². The summed E-state index contributed by atoms with van der Waals surface area (Å²) < 4.78 is 5.75. The Hall–Kier alpha value is -1.04. The molecule has 0 amide bonds. The number of nitrogens with zero attached hydrogens (tertiary/aromatic N) is 1. The summed E-state index contributed by atoms with van der Waals surface area (Å²) in [5.41, 5.74) is 0.483. The molecule has 4 nitrogen and oxygen atoms in total. The van der Waals surface area contributed by atoms with E-state index < -0.39 is 7.12 Å². The SMILES string of the molecule is CN1CCCC[C@H]1COc1ccc(B(O)O)cc1. The summed E-state index contributed by atoms with van der Waals surface area (Å²) in [5, 5.41) is 18.0. The summed E-state index contributed by atoms with van der Waals surface area (Å²) in [5.74, 6) is 0.776. The zero-order valence-corrected chi connectivity index (χ0v) is 10.7. The summed E-state index contributed by atoms with van der Waals surface area (Å²) >= 11 is 0. The Morgan fingerprint density at radius 3 is 2.61 bits per heavy atom. The molecule has 1 heterocycles. The highest BCUT2D eigenvalue weighted by atomic mass is 16.5. The molecule has 1 aromatic carbocycles. The van der Waals surface area contributed by atoms with Crippen LogP contribution < -0.4 is 10.2 Å². The van der Waals surface area contributed by atoms with Crippen molar-refractivity contribution in [1.82, 2.24) is 4.90 Å². The van der Waals surface area contributed by atoms with E-state index in [4.69, 9.17) is 14.8 Å². The van der Waals surface area contributed by atoms with Crippen LogP contribution in [0.3, 0.4) is 0 Å². The van der Waals surface area contributed by atoms with Crippen LogP contribution in [0.2, 0.25) is 0 Å². The van der Waals surface area contributed by atoms with Gasteiger partial charge >= 0.3 is 7.12 Å². The van der Waals surface area contributed by atoms with E-state index >= 15 is 0 Å². The molecule has 0 aromatic heterocycles. The first-order chi connectivity index (χ1) is 8.66. The van der Waals surface area contributed by atoms with Crippen molar-refractivity contribution >= 4 is 12.6 Å². The fourth-order valence-electron chi connectivity index (χ4n) is 2.28. The lowest BCUT2D eigenvalue weighted by Gasteiger charge is -2.32. The molecule has 1 saturated heterocycles. The summed E-state index contributed by atoms with van der Waals surface area (Å²) in [7, 11) is 0.724. The average Bonchev–Trinajstić information content (AvgIpc) is 2.38. The second-order valence-corrected chi connectivity index (χ2v) is 4.88. The zero-order chi connectivity index (χ0) is 13.0. The quantitative estimate of drug-likeness (QED) is 0.750. The highest BCUT2D eigenvalue weighted by molar-refractivity contribution is 6.58. The van der Waals surface area contributed by atoms with Crippen LogP contribution >= 0.6 is 0 Å². The molecule has 98 valence electrons. The van der Waals surface area contributed by atoms with Crippen LogP contribution in [0.25, 0.3) is 0 Å². The fraction of sp³-hybridized carbons (Fsp3) is 0.538. The molecule has 2 rings (SSSR count). The lowest BCUT2D eigenvalue weighted by Crippen LogP contribution is -2.40. The van der Waals surface area contributed by atoms with Crippen LogP contribution in [0.5, 0.6) is 5.75 Å². The van der Waals surface area contributed by atoms with Crippen LogP contribution in [-0.4, -0.2) is 48.3 Å². The largest absolute Gasteiger partial charge is 0.492 e. The van der Waals surface area contributed by atoms with Gasteiger partial charge in [0, 0.05) is 6.04 Å². The number of likely N-dealkylation sites (tertiary alicyclic amines) is 1. The van der Waals surface area contributed by atoms with Crippen molar-refractivity contribution in [3.63, 3.8) is 0 Å². The van der Waals surface area contributed by atoms with Gasteiger partial charge in [-0.25, -0.2) is 0 Å². The molecule has 1 aliphatic heterocycles. The van der Waals surface area contributed by atoms with E-state index in [-0.39, 0.29) is 0 Å². The molecule has 1 aromatic rings. The first-order valence-corrected chi connectivity index (χ1v) is 6.46. The number of hydrogen-bond acceptors (Lipinski definition) is 4. The maximum atomic E-state index is 8.99. The maximum absolute atomic E-state index is 8.99. The molecule has 2 N–H and O–H groups in total. The molecular weight excluding hydrogens is 229 g/mol. The van der Waals surface area contributed by atoms with Crippen molar-refractivity contribution in [3.05, 3.63) is 24.3 Å². The predicted molar refractivity (Wildman–Crippen MR) is 72.0 cm³/mol. The Balaban J connectivity index is 1.85. The number of likely N-dealkylation sites (N-methyl/N-ethyl adjacent to an activating group) is 1. The summed E-state index contributed by atoms with van der Waals surface area (Å²) in [6.07, 6.45) is 3.73. The Morgan fingerprint density at radius 2 is 2.00 bits per heavy atom. The molecule has 18 heavy (non-hydrogen) atoms. The molecule has 0 unspecified atom stereocenters. The van der Waals surface area contributed by atoms with Gasteiger partial charge < -0.3 is 19.7 Å². The average molecular weight is 249 g/mol. The number of hydrogen-bond donors (Lipinski definition) is 2. The number of ether oxygens (including phenoxy) is 1. The molecule has 1 atom stereocenters. The number of rotatable bonds is 4. The van der Waals surface area contributed by atoms with Crippen LogP contribution in [0, 0.1) is 0 Å². The maximum Gasteiger partial charge on any atom is 0.488 e. The van der Waals surface area contributed by atoms with E-state index in [0.717, 1.165) is 12.3 Å². The van der Waals surface area contributed by atoms with E-state index in [1.54, 1.807) is 24.3 Å². The molecule has 0 spiro atoms. The molecule has 0 aliphatic carbocycles. The molecule has 0 saturated carbocycles. The lowest BCUT2D eigenvalue weighted by molar-refractivity contribution is 0.125. The van der Waals surface area contributed by atoms with Gasteiger partial charge in [-0.15, -0.1) is 0 Å². The monoisotopic (exact) mass is 249 g/mol. The van der Waals surface area contributed by atoms with E-state index in [1.807, 2.05) is 0 Å². The number of benzene rings is 1. The third kappa shape index (κ3) is 3.48. The second kappa shape index (κ2) is 6.23. The van der Waals surface area contributed by atoms with Gasteiger partial charge in [0.05, 0.1) is 0 Å². The van der Waals surface area contributed by atoms with Crippen molar-refractivity contribution < 1.29 is 14.8 Å².